The highest BCUT2D eigenvalue weighted by Crippen LogP contribution is 2.22. The molecule has 0 aromatic heterocycles. The van der Waals surface area contributed by atoms with Gasteiger partial charge in [0.25, 0.3) is 0 Å². The molecule has 0 radical (unpaired) electrons. The number of isocyanates is 1. The van der Waals surface area contributed by atoms with Crippen molar-refractivity contribution in [3.8, 4) is 0 Å². The second-order valence-electron chi connectivity index (χ2n) is 5.15. The topological polar surface area (TPSA) is 67.8 Å². The largest absolute Gasteiger partial charge is 0.444 e. The maximum atomic E-state index is 11.7. The summed E-state index contributed by atoms with van der Waals surface area (Å²) in [7, 11) is 0. The molecule has 20 heavy (non-hydrogen) atoms. The Kier molecular flexibility index (Phi) is 5.74. The third kappa shape index (κ3) is 5.87. The zero-order valence-corrected chi connectivity index (χ0v) is 12.5. The quantitative estimate of drug-likeness (QED) is 0.682. The lowest BCUT2D eigenvalue weighted by atomic mass is 10.1. The van der Waals surface area contributed by atoms with Crippen LogP contribution in [0.4, 0.5) is 10.5 Å². The van der Waals surface area contributed by atoms with E-state index in [-0.39, 0.29) is 6.54 Å². The Bertz CT molecular complexity index is 532. The van der Waals surface area contributed by atoms with E-state index in [9.17, 15) is 9.59 Å². The summed E-state index contributed by atoms with van der Waals surface area (Å²) in [6, 6.07) is 5.07. The molecule has 0 aliphatic rings. The van der Waals surface area contributed by atoms with Crippen molar-refractivity contribution in [2.75, 3.05) is 11.9 Å². The van der Waals surface area contributed by atoms with Gasteiger partial charge in [-0.05, 0) is 51.0 Å². The van der Waals surface area contributed by atoms with E-state index in [4.69, 9.17) is 16.3 Å². The number of nitrogens with one attached hydrogen (secondary N) is 1. The number of carbonyl (C=O) groups excluding carboxylic acids is 2. The number of benzene rings is 1. The van der Waals surface area contributed by atoms with Crippen LogP contribution in [0.3, 0.4) is 0 Å². The summed E-state index contributed by atoms with van der Waals surface area (Å²) in [6.07, 6.45) is 1.41. The molecule has 6 heteroatoms. The first-order chi connectivity index (χ1) is 9.31. The van der Waals surface area contributed by atoms with Gasteiger partial charge in [0.05, 0.1) is 6.54 Å². The summed E-state index contributed by atoms with van der Waals surface area (Å²) in [5.41, 5.74) is 0.797. The minimum Gasteiger partial charge on any atom is -0.444 e. The smallest absolute Gasteiger partial charge is 0.412 e. The van der Waals surface area contributed by atoms with Crippen molar-refractivity contribution in [3.63, 3.8) is 0 Å². The summed E-state index contributed by atoms with van der Waals surface area (Å²) in [6.45, 7) is 5.64. The van der Waals surface area contributed by atoms with Crippen molar-refractivity contribution >= 4 is 29.5 Å². The van der Waals surface area contributed by atoms with Gasteiger partial charge >= 0.3 is 6.09 Å². The molecule has 0 saturated carbocycles. The molecule has 0 saturated heterocycles. The summed E-state index contributed by atoms with van der Waals surface area (Å²) >= 11 is 5.92. The molecule has 108 valence electrons. The van der Waals surface area contributed by atoms with E-state index < -0.39 is 11.7 Å². The minimum atomic E-state index is -0.571. The van der Waals surface area contributed by atoms with Gasteiger partial charge < -0.3 is 4.74 Å². The molecule has 1 aromatic carbocycles. The lowest BCUT2D eigenvalue weighted by Crippen LogP contribution is -2.27. The van der Waals surface area contributed by atoms with Crippen LogP contribution >= 0.6 is 11.6 Å². The number of nitrogens with zero attached hydrogens (tertiary/aromatic N) is 1. The van der Waals surface area contributed by atoms with Crippen LogP contribution in [0.2, 0.25) is 5.02 Å². The Balaban J connectivity index is 2.82. The lowest BCUT2D eigenvalue weighted by Gasteiger charge is -2.20. The zero-order chi connectivity index (χ0) is 15.2. The molecular formula is C14H17ClN2O3. The van der Waals surface area contributed by atoms with E-state index >= 15 is 0 Å². The highest BCUT2D eigenvalue weighted by molar-refractivity contribution is 6.30. The van der Waals surface area contributed by atoms with Gasteiger partial charge in [-0.2, -0.15) is 0 Å². The number of aliphatic imine (C=N–C) groups is 1. The van der Waals surface area contributed by atoms with E-state index in [2.05, 4.69) is 10.3 Å². The first-order valence-electron chi connectivity index (χ1n) is 6.14. The Morgan fingerprint density at radius 1 is 1.45 bits per heavy atom. The van der Waals surface area contributed by atoms with Crippen molar-refractivity contribution < 1.29 is 14.3 Å². The predicted molar refractivity (Wildman–Crippen MR) is 78.0 cm³/mol. The van der Waals surface area contributed by atoms with E-state index in [0.29, 0.717) is 17.1 Å². The zero-order valence-electron chi connectivity index (χ0n) is 11.7. The average Bonchev–Trinajstić information content (AvgIpc) is 2.30. The van der Waals surface area contributed by atoms with Gasteiger partial charge in [-0.3, -0.25) is 5.32 Å². The van der Waals surface area contributed by atoms with Crippen molar-refractivity contribution in [2.45, 2.75) is 32.8 Å². The summed E-state index contributed by atoms with van der Waals surface area (Å²) in [4.78, 5) is 25.3. The van der Waals surface area contributed by atoms with Crippen LogP contribution in [0.15, 0.2) is 23.2 Å². The van der Waals surface area contributed by atoms with E-state index in [1.807, 2.05) is 0 Å². The molecule has 0 bridgehead atoms. The highest BCUT2D eigenvalue weighted by atomic mass is 35.5. The first-order valence-corrected chi connectivity index (χ1v) is 6.51. The molecule has 0 atom stereocenters. The maximum Gasteiger partial charge on any atom is 0.412 e. The average molecular weight is 297 g/mol. The van der Waals surface area contributed by atoms with Gasteiger partial charge in [0.15, 0.2) is 0 Å². The predicted octanol–water partition coefficient (Wildman–Crippen LogP) is 3.57. The molecule has 0 spiro atoms. The monoisotopic (exact) mass is 296 g/mol. The lowest BCUT2D eigenvalue weighted by molar-refractivity contribution is 0.0636. The number of halogens is 1. The molecular weight excluding hydrogens is 280 g/mol. The molecule has 0 unspecified atom stereocenters. The van der Waals surface area contributed by atoms with Crippen molar-refractivity contribution in [3.05, 3.63) is 28.8 Å². The Morgan fingerprint density at radius 2 is 2.15 bits per heavy atom. The minimum absolute atomic E-state index is 0.285. The standard InChI is InChI=1S/C14H17ClN2O3/c1-14(2,3)20-13(19)17-12-5-4-11(15)8-10(12)6-7-16-9-18/h4-5,8H,6-7H2,1-3H3,(H,17,19). The van der Waals surface area contributed by atoms with Crippen LogP contribution < -0.4 is 5.32 Å². The van der Waals surface area contributed by atoms with E-state index in [1.54, 1.807) is 39.0 Å². The molecule has 0 heterocycles. The number of carbonyl (C=O) groups is 1. The number of rotatable bonds is 4. The second kappa shape index (κ2) is 7.08. The van der Waals surface area contributed by atoms with Crippen LogP contribution in [0.25, 0.3) is 0 Å². The molecule has 1 N–H and O–H groups in total. The van der Waals surface area contributed by atoms with Gasteiger partial charge in [0.2, 0.25) is 6.08 Å². The number of amides is 1. The van der Waals surface area contributed by atoms with Crippen molar-refractivity contribution in [1.29, 1.82) is 0 Å². The van der Waals surface area contributed by atoms with Crippen molar-refractivity contribution in [2.24, 2.45) is 4.99 Å². The van der Waals surface area contributed by atoms with Gasteiger partial charge in [0.1, 0.15) is 5.60 Å². The van der Waals surface area contributed by atoms with Gasteiger partial charge in [-0.15, -0.1) is 0 Å². The Hall–Kier alpha value is -1.84. The molecule has 1 amide bonds. The first kappa shape index (κ1) is 16.2. The molecule has 1 aromatic rings. The number of ether oxygens (including phenoxy) is 1. The normalized spacial score (nSPS) is 10.6. The summed E-state index contributed by atoms with van der Waals surface area (Å²) < 4.78 is 5.18. The fourth-order valence-electron chi connectivity index (χ4n) is 1.53. The third-order valence-electron chi connectivity index (χ3n) is 2.26. The fourth-order valence-corrected chi connectivity index (χ4v) is 1.72. The van der Waals surface area contributed by atoms with Gasteiger partial charge in [-0.1, -0.05) is 11.6 Å². The number of hydrogen-bond acceptors (Lipinski definition) is 4. The van der Waals surface area contributed by atoms with E-state index in [0.717, 1.165) is 5.56 Å². The molecule has 5 nitrogen and oxygen atoms in total. The van der Waals surface area contributed by atoms with Crippen LogP contribution in [0.5, 0.6) is 0 Å². The van der Waals surface area contributed by atoms with Crippen LogP contribution in [0.1, 0.15) is 26.3 Å². The van der Waals surface area contributed by atoms with Gasteiger partial charge in [0, 0.05) is 10.7 Å². The van der Waals surface area contributed by atoms with Crippen LogP contribution in [0, 0.1) is 0 Å². The molecule has 0 aliphatic carbocycles. The van der Waals surface area contributed by atoms with Crippen molar-refractivity contribution in [1.82, 2.24) is 0 Å². The Morgan fingerprint density at radius 3 is 2.75 bits per heavy atom. The fraction of sp³-hybridized carbons (Fsp3) is 0.429. The van der Waals surface area contributed by atoms with Crippen LogP contribution in [-0.4, -0.2) is 24.3 Å². The van der Waals surface area contributed by atoms with Gasteiger partial charge in [-0.25, -0.2) is 14.6 Å². The third-order valence-corrected chi connectivity index (χ3v) is 2.50. The second-order valence-corrected chi connectivity index (χ2v) is 5.59. The molecule has 1 rings (SSSR count). The SMILES string of the molecule is CC(C)(C)OC(=O)Nc1ccc(Cl)cc1CCN=C=O. The summed E-state index contributed by atoms with van der Waals surface area (Å²) in [5, 5.41) is 3.21. The molecule has 0 aliphatic heterocycles. The number of anilines is 1. The molecule has 0 fully saturated rings. The summed E-state index contributed by atoms with van der Waals surface area (Å²) in [5.74, 6) is 0. The Labute approximate surface area is 123 Å². The van der Waals surface area contributed by atoms with E-state index in [1.165, 1.54) is 6.08 Å². The number of hydrogen-bond donors (Lipinski definition) is 1. The maximum absolute atomic E-state index is 11.7. The highest BCUT2D eigenvalue weighted by Gasteiger charge is 2.17. The van der Waals surface area contributed by atoms with Crippen LogP contribution in [-0.2, 0) is 16.0 Å².